The zero-order valence-corrected chi connectivity index (χ0v) is 10.6. The highest BCUT2D eigenvalue weighted by Crippen LogP contribution is 2.17. The highest BCUT2D eigenvalue weighted by molar-refractivity contribution is 5.95. The Labute approximate surface area is 94.6 Å². The number of unbranched alkanes of at least 4 members (excludes halogenated alkanes) is 2. The Hall–Kier alpha value is -0.770. The van der Waals surface area contributed by atoms with Crippen LogP contribution in [0.15, 0.2) is 0 Å². The van der Waals surface area contributed by atoms with E-state index in [-0.39, 0.29) is 5.78 Å². The van der Waals surface area contributed by atoms with Crippen LogP contribution >= 0.6 is 0 Å². The van der Waals surface area contributed by atoms with Gasteiger partial charge in [-0.05, 0) is 24.2 Å². The molecule has 0 rings (SSSR count). The Morgan fingerprint density at radius 1 is 1.20 bits per heavy atom. The van der Waals surface area contributed by atoms with E-state index in [1.807, 2.05) is 0 Å². The van der Waals surface area contributed by atoms with Gasteiger partial charge in [-0.3, -0.25) is 4.79 Å². The Balaban J connectivity index is 3.85. The molecular formula is C14H24O. The zero-order valence-electron chi connectivity index (χ0n) is 10.6. The largest absolute Gasteiger partial charge is 0.285 e. The van der Waals surface area contributed by atoms with E-state index in [4.69, 9.17) is 0 Å². The van der Waals surface area contributed by atoms with Crippen molar-refractivity contribution in [1.82, 2.24) is 0 Å². The highest BCUT2D eigenvalue weighted by atomic mass is 16.1. The van der Waals surface area contributed by atoms with E-state index in [0.717, 1.165) is 25.7 Å². The minimum atomic E-state index is 0.110. The summed E-state index contributed by atoms with van der Waals surface area (Å²) < 4.78 is 0. The molecule has 0 radical (unpaired) electrons. The maximum Gasteiger partial charge on any atom is 0.205 e. The summed E-state index contributed by atoms with van der Waals surface area (Å²) in [5, 5.41) is 0. The van der Waals surface area contributed by atoms with Crippen LogP contribution in [0, 0.1) is 23.7 Å². The normalized spacial score (nSPS) is 13.9. The van der Waals surface area contributed by atoms with Gasteiger partial charge in [-0.1, -0.05) is 46.5 Å². The van der Waals surface area contributed by atoms with Gasteiger partial charge >= 0.3 is 0 Å². The van der Waals surface area contributed by atoms with Crippen molar-refractivity contribution in [2.24, 2.45) is 11.8 Å². The predicted octanol–water partition coefficient (Wildman–Crippen LogP) is 3.82. The molecule has 0 heterocycles. The van der Waals surface area contributed by atoms with Crippen LogP contribution in [0.3, 0.4) is 0 Å². The van der Waals surface area contributed by atoms with E-state index in [1.54, 1.807) is 0 Å². The third-order valence-corrected chi connectivity index (χ3v) is 3.01. The summed E-state index contributed by atoms with van der Waals surface area (Å²) >= 11 is 0. The molecule has 0 aliphatic heterocycles. The number of rotatable bonds is 6. The topological polar surface area (TPSA) is 17.1 Å². The van der Waals surface area contributed by atoms with Gasteiger partial charge in [0.05, 0.1) is 0 Å². The molecule has 0 aromatic heterocycles. The molecule has 2 atom stereocenters. The number of Topliss-reactive ketones (excluding diaryl/α,β-unsaturated/α-hetero) is 1. The first-order chi connectivity index (χ1) is 7.11. The molecule has 0 aliphatic carbocycles. The highest BCUT2D eigenvalue weighted by Gasteiger charge is 2.12. The van der Waals surface area contributed by atoms with Crippen LogP contribution in [0.5, 0.6) is 0 Å². The summed E-state index contributed by atoms with van der Waals surface area (Å²) in [6.45, 7) is 8.63. The molecule has 0 aromatic carbocycles. The van der Waals surface area contributed by atoms with Gasteiger partial charge in [0.15, 0.2) is 0 Å². The van der Waals surface area contributed by atoms with Gasteiger partial charge in [0.25, 0.3) is 0 Å². The third-order valence-electron chi connectivity index (χ3n) is 3.01. The first-order valence-corrected chi connectivity index (χ1v) is 6.13. The summed E-state index contributed by atoms with van der Waals surface area (Å²) in [7, 11) is 0. The first kappa shape index (κ1) is 14.2. The van der Waals surface area contributed by atoms with Crippen LogP contribution in [-0.2, 0) is 4.79 Å². The maximum atomic E-state index is 11.5. The average Bonchev–Trinajstić information content (AvgIpc) is 2.23. The third kappa shape index (κ3) is 7.19. The number of hydrogen-bond acceptors (Lipinski definition) is 1. The SMILES string of the molecule is CCCCC#CC(=O)C[C@@H](C)[C@@H](C)CC. The van der Waals surface area contributed by atoms with Gasteiger partial charge in [-0.2, -0.15) is 0 Å². The average molecular weight is 208 g/mol. The van der Waals surface area contributed by atoms with Crippen molar-refractivity contribution < 1.29 is 4.79 Å². The minimum Gasteiger partial charge on any atom is -0.285 e. The van der Waals surface area contributed by atoms with E-state index >= 15 is 0 Å². The fourth-order valence-corrected chi connectivity index (χ4v) is 1.37. The predicted molar refractivity (Wildman–Crippen MR) is 65.5 cm³/mol. The Morgan fingerprint density at radius 2 is 1.87 bits per heavy atom. The molecule has 1 nitrogen and oxygen atoms in total. The first-order valence-electron chi connectivity index (χ1n) is 6.13. The van der Waals surface area contributed by atoms with Crippen LogP contribution in [0.2, 0.25) is 0 Å². The lowest BCUT2D eigenvalue weighted by molar-refractivity contribution is -0.114. The summed E-state index contributed by atoms with van der Waals surface area (Å²) in [4.78, 5) is 11.5. The molecule has 15 heavy (non-hydrogen) atoms. The fraction of sp³-hybridized carbons (Fsp3) is 0.786. The van der Waals surface area contributed by atoms with Crippen molar-refractivity contribution in [1.29, 1.82) is 0 Å². The van der Waals surface area contributed by atoms with Crippen LogP contribution in [0.1, 0.15) is 59.8 Å². The van der Waals surface area contributed by atoms with Gasteiger partial charge in [0, 0.05) is 12.8 Å². The van der Waals surface area contributed by atoms with E-state index in [0.29, 0.717) is 18.3 Å². The van der Waals surface area contributed by atoms with Gasteiger partial charge in [-0.15, -0.1) is 0 Å². The molecule has 0 saturated carbocycles. The van der Waals surface area contributed by atoms with Crippen molar-refractivity contribution in [2.45, 2.75) is 59.8 Å². The number of hydrogen-bond donors (Lipinski definition) is 0. The summed E-state index contributed by atoms with van der Waals surface area (Å²) in [6.07, 6.45) is 4.86. The maximum absolute atomic E-state index is 11.5. The molecule has 86 valence electrons. The monoisotopic (exact) mass is 208 g/mol. The second-order valence-electron chi connectivity index (χ2n) is 4.40. The lowest BCUT2D eigenvalue weighted by atomic mass is 9.89. The van der Waals surface area contributed by atoms with Crippen LogP contribution in [0.25, 0.3) is 0 Å². The fourth-order valence-electron chi connectivity index (χ4n) is 1.37. The molecule has 1 heteroatoms. The number of ketones is 1. The van der Waals surface area contributed by atoms with Crippen molar-refractivity contribution in [2.75, 3.05) is 0 Å². The van der Waals surface area contributed by atoms with Crippen molar-refractivity contribution in [3.05, 3.63) is 0 Å². The van der Waals surface area contributed by atoms with Gasteiger partial charge < -0.3 is 0 Å². The summed E-state index contributed by atoms with van der Waals surface area (Å²) in [5.74, 6) is 6.88. The van der Waals surface area contributed by atoms with E-state index < -0.39 is 0 Å². The molecule has 0 spiro atoms. The van der Waals surface area contributed by atoms with Crippen LogP contribution < -0.4 is 0 Å². The summed E-state index contributed by atoms with van der Waals surface area (Å²) in [5.41, 5.74) is 0. The van der Waals surface area contributed by atoms with Gasteiger partial charge in [0.1, 0.15) is 0 Å². The zero-order chi connectivity index (χ0) is 11.7. The Bertz CT molecular complexity index is 231. The number of carbonyl (C=O) groups excluding carboxylic acids is 1. The molecule has 0 unspecified atom stereocenters. The quantitative estimate of drug-likeness (QED) is 0.368. The molecule has 0 aliphatic rings. The molecule has 0 aromatic rings. The van der Waals surface area contributed by atoms with E-state index in [1.165, 1.54) is 0 Å². The molecule has 0 bridgehead atoms. The van der Waals surface area contributed by atoms with Crippen LogP contribution in [0.4, 0.5) is 0 Å². The van der Waals surface area contributed by atoms with Crippen LogP contribution in [-0.4, -0.2) is 5.78 Å². The molecule has 0 amide bonds. The second-order valence-corrected chi connectivity index (χ2v) is 4.40. The summed E-state index contributed by atoms with van der Waals surface area (Å²) in [6, 6.07) is 0. The lowest BCUT2D eigenvalue weighted by Crippen LogP contribution is -2.11. The standard InChI is InChI=1S/C14H24O/c1-5-7-8-9-10-14(15)11-13(4)12(3)6-2/h12-13H,5-8,11H2,1-4H3/t12-,13+/m0/s1. The van der Waals surface area contributed by atoms with Gasteiger partial charge in [-0.25, -0.2) is 0 Å². The molecule has 0 fully saturated rings. The van der Waals surface area contributed by atoms with E-state index in [2.05, 4.69) is 39.5 Å². The smallest absolute Gasteiger partial charge is 0.205 e. The lowest BCUT2D eigenvalue weighted by Gasteiger charge is -2.15. The van der Waals surface area contributed by atoms with E-state index in [9.17, 15) is 4.79 Å². The second kappa shape index (κ2) is 8.53. The van der Waals surface area contributed by atoms with Gasteiger partial charge in [0.2, 0.25) is 5.78 Å². The van der Waals surface area contributed by atoms with Crippen molar-refractivity contribution in [3.8, 4) is 11.8 Å². The number of carbonyl (C=O) groups is 1. The Kier molecular flexibility index (Phi) is 8.09. The van der Waals surface area contributed by atoms with Crippen molar-refractivity contribution in [3.63, 3.8) is 0 Å². The Morgan fingerprint density at radius 3 is 2.40 bits per heavy atom. The molecule has 0 N–H and O–H groups in total. The molecular weight excluding hydrogens is 184 g/mol. The minimum absolute atomic E-state index is 0.110. The van der Waals surface area contributed by atoms with Crippen molar-refractivity contribution >= 4 is 5.78 Å². The molecule has 0 saturated heterocycles.